The summed E-state index contributed by atoms with van der Waals surface area (Å²) in [5, 5.41) is 40.8. The molecule has 11 rings (SSSR count). The van der Waals surface area contributed by atoms with E-state index in [0.29, 0.717) is 59.1 Å². The second-order valence-corrected chi connectivity index (χ2v) is 16.2. The van der Waals surface area contributed by atoms with Gasteiger partial charge < -0.3 is 44.0 Å². The Bertz CT molecular complexity index is 2240. The molecular weight excluding hydrogens is 701 g/mol. The first-order valence-electron chi connectivity index (χ1n) is 18.0. The van der Waals surface area contributed by atoms with E-state index < -0.39 is 41.1 Å². The van der Waals surface area contributed by atoms with Gasteiger partial charge in [-0.3, -0.25) is 15.1 Å². The third-order valence-electron chi connectivity index (χ3n) is 12.7. The van der Waals surface area contributed by atoms with Crippen molar-refractivity contribution in [1.82, 2.24) is 20.1 Å². The predicted octanol–water partition coefficient (Wildman–Crippen LogP) is 3.97. The van der Waals surface area contributed by atoms with Gasteiger partial charge in [-0.25, -0.2) is 4.79 Å². The SMILES string of the molecule is COc1ccc2c3c([nH]c2c1)[C@@]1(CS[C@@H]2c4c(O)c(C)c5c(c4[C@H](COC1=O)N1C2[C@H]2c4c(cc(C)c(OC)c4O)C[C@@H]([C@@H]1O)N2C)OCO5)NCC3. The number of phenols is 2. The van der Waals surface area contributed by atoms with Crippen molar-refractivity contribution in [3.63, 3.8) is 0 Å². The number of rotatable bonds is 2. The Kier molecular flexibility index (Phi) is 7.26. The van der Waals surface area contributed by atoms with Crippen LogP contribution in [0.2, 0.25) is 0 Å². The maximum absolute atomic E-state index is 14.7. The molecule has 278 valence electrons. The van der Waals surface area contributed by atoms with Crippen molar-refractivity contribution in [2.45, 2.75) is 67.9 Å². The number of nitrogens with zero attached hydrogens (tertiary/aromatic N) is 2. The molecule has 1 spiro atoms. The van der Waals surface area contributed by atoms with Gasteiger partial charge in [-0.1, -0.05) is 6.07 Å². The summed E-state index contributed by atoms with van der Waals surface area (Å²) in [6.07, 6.45) is 0.213. The fourth-order valence-electron chi connectivity index (χ4n) is 10.3. The molecular formula is C39H42N4O9S. The van der Waals surface area contributed by atoms with Crippen molar-refractivity contribution < 1.29 is 43.8 Å². The smallest absolute Gasteiger partial charge is 0.333 e. The summed E-state index contributed by atoms with van der Waals surface area (Å²) < 4.78 is 29.8. The summed E-state index contributed by atoms with van der Waals surface area (Å²) in [6, 6.07) is 5.97. The molecule has 3 aromatic carbocycles. The number of thioether (sulfide) groups is 1. The normalized spacial score (nSPS) is 30.0. The number of aromatic nitrogens is 1. The van der Waals surface area contributed by atoms with Crippen molar-refractivity contribution in [3.05, 3.63) is 68.9 Å². The molecule has 5 N–H and O–H groups in total. The summed E-state index contributed by atoms with van der Waals surface area (Å²) in [5.74, 6) is 2.05. The van der Waals surface area contributed by atoms with Crippen LogP contribution in [0.4, 0.5) is 0 Å². The van der Waals surface area contributed by atoms with Crippen molar-refractivity contribution in [2.75, 3.05) is 47.0 Å². The minimum Gasteiger partial charge on any atom is -0.507 e. The third-order valence-corrected chi connectivity index (χ3v) is 14.2. The van der Waals surface area contributed by atoms with Gasteiger partial charge in [0.1, 0.15) is 24.3 Å². The monoisotopic (exact) mass is 742 g/mol. The Morgan fingerprint density at radius 2 is 1.83 bits per heavy atom. The number of aryl methyl sites for hydroxylation is 1. The molecule has 8 heterocycles. The van der Waals surface area contributed by atoms with Crippen LogP contribution in [0.15, 0.2) is 24.3 Å². The van der Waals surface area contributed by atoms with Gasteiger partial charge in [-0.15, -0.1) is 11.8 Å². The first kappa shape index (κ1) is 33.2. The third kappa shape index (κ3) is 4.26. The number of aromatic amines is 1. The van der Waals surface area contributed by atoms with Crippen molar-refractivity contribution in [3.8, 4) is 34.5 Å². The molecule has 0 saturated carbocycles. The number of aliphatic hydroxyl groups is 1. The van der Waals surface area contributed by atoms with Crippen LogP contribution in [0.25, 0.3) is 10.9 Å². The topological polar surface area (TPSA) is 158 Å². The molecule has 53 heavy (non-hydrogen) atoms. The number of nitrogens with one attached hydrogen (secondary N) is 2. The van der Waals surface area contributed by atoms with Crippen LogP contribution in [-0.4, -0.2) is 101 Å². The highest BCUT2D eigenvalue weighted by atomic mass is 32.2. The van der Waals surface area contributed by atoms with E-state index in [2.05, 4.69) is 21.3 Å². The molecule has 13 nitrogen and oxygen atoms in total. The Morgan fingerprint density at radius 1 is 1.02 bits per heavy atom. The summed E-state index contributed by atoms with van der Waals surface area (Å²) in [6.45, 7) is 4.15. The molecule has 1 unspecified atom stereocenters. The average Bonchev–Trinajstić information content (AvgIpc) is 3.79. The molecule has 0 radical (unpaired) electrons. The van der Waals surface area contributed by atoms with Gasteiger partial charge in [0, 0.05) is 57.6 Å². The lowest BCUT2D eigenvalue weighted by Crippen LogP contribution is -2.70. The number of likely N-dealkylation sites (N-methyl/N-ethyl adjacent to an activating group) is 1. The van der Waals surface area contributed by atoms with Gasteiger partial charge >= 0.3 is 5.97 Å². The molecule has 7 atom stereocenters. The molecule has 4 bridgehead atoms. The predicted molar refractivity (Wildman–Crippen MR) is 195 cm³/mol. The number of H-pyrrole nitrogens is 1. The lowest BCUT2D eigenvalue weighted by Gasteiger charge is -2.62. The van der Waals surface area contributed by atoms with Gasteiger partial charge in [0.05, 0.1) is 43.3 Å². The zero-order valence-electron chi connectivity index (χ0n) is 30.1. The first-order valence-corrected chi connectivity index (χ1v) is 19.1. The van der Waals surface area contributed by atoms with Crippen molar-refractivity contribution in [1.29, 1.82) is 0 Å². The molecule has 7 aliphatic heterocycles. The second kappa shape index (κ2) is 11.6. The number of piperazine rings is 1. The van der Waals surface area contributed by atoms with E-state index in [9.17, 15) is 20.1 Å². The number of fused-ring (bicyclic) bond motifs is 11. The summed E-state index contributed by atoms with van der Waals surface area (Å²) >= 11 is 1.53. The lowest BCUT2D eigenvalue weighted by atomic mass is 9.73. The van der Waals surface area contributed by atoms with Crippen molar-refractivity contribution in [2.24, 2.45) is 0 Å². The molecule has 2 fully saturated rings. The average molecular weight is 743 g/mol. The molecule has 2 saturated heterocycles. The zero-order chi connectivity index (χ0) is 36.7. The van der Waals surface area contributed by atoms with E-state index in [1.165, 1.54) is 11.8 Å². The Labute approximate surface area is 310 Å². The van der Waals surface area contributed by atoms with Gasteiger partial charge in [-0.2, -0.15) is 0 Å². The van der Waals surface area contributed by atoms with Crippen LogP contribution >= 0.6 is 11.8 Å². The molecule has 0 amide bonds. The Balaban J connectivity index is 1.21. The van der Waals surface area contributed by atoms with Gasteiger partial charge in [0.2, 0.25) is 6.79 Å². The maximum Gasteiger partial charge on any atom is 0.333 e. The fourth-order valence-corrected chi connectivity index (χ4v) is 12.0. The van der Waals surface area contributed by atoms with E-state index in [0.717, 1.165) is 38.9 Å². The largest absolute Gasteiger partial charge is 0.507 e. The van der Waals surface area contributed by atoms with E-state index in [4.69, 9.17) is 23.7 Å². The first-order chi connectivity index (χ1) is 25.6. The zero-order valence-corrected chi connectivity index (χ0v) is 30.9. The van der Waals surface area contributed by atoms with E-state index in [1.54, 1.807) is 14.2 Å². The minimum atomic E-state index is -1.25. The Hall–Kier alpha value is -4.34. The van der Waals surface area contributed by atoms with Gasteiger partial charge in [0.15, 0.2) is 28.5 Å². The number of aliphatic hydroxyl groups excluding tert-OH is 1. The number of ether oxygens (including phenoxy) is 5. The van der Waals surface area contributed by atoms with Crippen LogP contribution in [-0.2, 0) is 27.9 Å². The van der Waals surface area contributed by atoms with Gasteiger partial charge in [-0.05, 0) is 62.6 Å². The van der Waals surface area contributed by atoms with Crippen molar-refractivity contribution >= 4 is 28.6 Å². The summed E-state index contributed by atoms with van der Waals surface area (Å²) in [5.41, 5.74) is 5.81. The molecule has 0 aliphatic carbocycles. The summed E-state index contributed by atoms with van der Waals surface area (Å²) in [4.78, 5) is 22.5. The highest BCUT2D eigenvalue weighted by Gasteiger charge is 2.61. The quantitative estimate of drug-likeness (QED) is 0.188. The number of carbonyl (C=O) groups excluding carboxylic acids is 1. The van der Waals surface area contributed by atoms with Crippen LogP contribution in [0, 0.1) is 13.8 Å². The number of carbonyl (C=O) groups is 1. The number of hydrogen-bond donors (Lipinski definition) is 5. The Morgan fingerprint density at radius 3 is 2.62 bits per heavy atom. The van der Waals surface area contributed by atoms with Gasteiger partial charge in [0.25, 0.3) is 0 Å². The molecule has 1 aromatic heterocycles. The van der Waals surface area contributed by atoms with E-state index in [-0.39, 0.29) is 36.7 Å². The fraction of sp³-hybridized carbons (Fsp3) is 0.462. The number of hydrogen-bond acceptors (Lipinski definition) is 13. The maximum atomic E-state index is 14.7. The van der Waals surface area contributed by atoms with Crippen LogP contribution in [0.1, 0.15) is 62.0 Å². The van der Waals surface area contributed by atoms with E-state index in [1.807, 2.05) is 44.0 Å². The van der Waals surface area contributed by atoms with E-state index >= 15 is 0 Å². The summed E-state index contributed by atoms with van der Waals surface area (Å²) in [7, 11) is 5.18. The van der Waals surface area contributed by atoms with Crippen LogP contribution < -0.4 is 24.3 Å². The molecule has 4 aromatic rings. The van der Waals surface area contributed by atoms with Crippen LogP contribution in [0.3, 0.4) is 0 Å². The minimum absolute atomic E-state index is 0.0161. The number of esters is 1. The number of benzene rings is 3. The highest BCUT2D eigenvalue weighted by Crippen LogP contribution is 2.64. The molecule has 14 heteroatoms. The number of methoxy groups -OCH3 is 2. The molecule has 7 aliphatic rings. The second-order valence-electron chi connectivity index (χ2n) is 15.1. The lowest BCUT2D eigenvalue weighted by molar-refractivity contribution is -0.186. The highest BCUT2D eigenvalue weighted by molar-refractivity contribution is 7.99. The standard InChI is InChI=1S/C39H42N4O9S/c1-16-10-18-11-23-37(46)43-24-13-50-38(47)39(36-21(8-9-40-39)20-7-6-19(48-4)12-22(20)41-36)14-53-35(27-26(24)34-33(51-15-52-34)17(2)30(27)44)29(43)28(42(23)3)25(18)31(45)32(16)49-5/h6-7,10,12,23-24,28-29,35,37,40-41,44-46H,8-9,11,13-15H2,1-5H3/t23-,24-,28+,29?,35+,37-,39+/m0/s1. The number of phenolic OH excluding ortho intramolecular Hbond substituents is 2. The van der Waals surface area contributed by atoms with Crippen LogP contribution in [0.5, 0.6) is 34.5 Å². The number of aromatic hydroxyl groups is 2.